The maximum Gasteiger partial charge on any atom is 0.410 e. The summed E-state index contributed by atoms with van der Waals surface area (Å²) in [5, 5.41) is 13.3. The highest BCUT2D eigenvalue weighted by atomic mass is 19.4. The van der Waals surface area contributed by atoms with Crippen LogP contribution in [-0.4, -0.2) is 60.4 Å². The summed E-state index contributed by atoms with van der Waals surface area (Å²) in [6.45, 7) is 5.59. The number of benzene rings is 1. The van der Waals surface area contributed by atoms with Gasteiger partial charge in [-0.2, -0.15) is 13.2 Å². The van der Waals surface area contributed by atoms with E-state index in [1.165, 1.54) is 18.2 Å². The average Bonchev–Trinajstić information content (AvgIpc) is 2.59. The van der Waals surface area contributed by atoms with Gasteiger partial charge in [0.05, 0.1) is 11.5 Å². The molecule has 0 spiro atoms. The fourth-order valence-electron chi connectivity index (χ4n) is 2.93. The normalized spacial score (nSPS) is 15.4. The summed E-state index contributed by atoms with van der Waals surface area (Å²) in [6, 6.07) is 4.13. The molecule has 1 heterocycles. The first kappa shape index (κ1) is 22.7. The number of nitro groups is 1. The van der Waals surface area contributed by atoms with Crippen molar-refractivity contribution in [3.63, 3.8) is 0 Å². The molecule has 0 bridgehead atoms. The van der Waals surface area contributed by atoms with Crippen molar-refractivity contribution in [2.24, 2.45) is 0 Å². The number of non-ortho nitro benzene ring substituents is 1. The minimum absolute atomic E-state index is 0.164. The molecule has 8 nitrogen and oxygen atoms in total. The van der Waals surface area contributed by atoms with Gasteiger partial charge in [0.15, 0.2) is 0 Å². The topological polar surface area (TPSA) is 88.0 Å². The number of ether oxygens (including phenoxy) is 1. The first-order chi connectivity index (χ1) is 13.4. The number of halogens is 3. The quantitative estimate of drug-likeness (QED) is 0.583. The van der Waals surface area contributed by atoms with Crippen LogP contribution in [0.3, 0.4) is 0 Å². The van der Waals surface area contributed by atoms with Gasteiger partial charge in [-0.05, 0) is 32.4 Å². The predicted molar refractivity (Wildman–Crippen MR) is 101 cm³/mol. The molecule has 2 rings (SSSR count). The zero-order valence-corrected chi connectivity index (χ0v) is 16.6. The molecule has 0 atom stereocenters. The Balaban J connectivity index is 2.09. The van der Waals surface area contributed by atoms with E-state index >= 15 is 0 Å². The summed E-state index contributed by atoms with van der Waals surface area (Å²) < 4.78 is 42.6. The smallest absolute Gasteiger partial charge is 0.410 e. The van der Waals surface area contributed by atoms with Gasteiger partial charge in [-0.1, -0.05) is 0 Å². The Bertz CT molecular complexity index is 742. The van der Waals surface area contributed by atoms with Crippen LogP contribution in [0.25, 0.3) is 0 Å². The van der Waals surface area contributed by atoms with Crippen molar-refractivity contribution in [1.82, 2.24) is 10.2 Å². The SMILES string of the molecule is CC(C)(C)OC(=O)N1CCN(c2ccc([N+](=O)[O-])cc2CNCC(F)(F)F)CC1. The van der Waals surface area contributed by atoms with Crippen LogP contribution in [0, 0.1) is 10.1 Å². The average molecular weight is 418 g/mol. The molecule has 0 aromatic heterocycles. The molecule has 1 aliphatic heterocycles. The summed E-state index contributed by atoms with van der Waals surface area (Å²) >= 11 is 0. The molecule has 11 heteroatoms. The van der Waals surface area contributed by atoms with E-state index < -0.39 is 29.3 Å². The zero-order chi connectivity index (χ0) is 21.8. The van der Waals surface area contributed by atoms with E-state index in [9.17, 15) is 28.1 Å². The molecule has 0 unspecified atom stereocenters. The molecular formula is C18H25F3N4O4. The molecule has 0 radical (unpaired) electrons. The van der Waals surface area contributed by atoms with Crippen molar-refractivity contribution >= 4 is 17.5 Å². The number of piperazine rings is 1. The fourth-order valence-corrected chi connectivity index (χ4v) is 2.93. The lowest BCUT2D eigenvalue weighted by Crippen LogP contribution is -2.50. The van der Waals surface area contributed by atoms with Crippen molar-refractivity contribution in [2.75, 3.05) is 37.6 Å². The van der Waals surface area contributed by atoms with Crippen LogP contribution in [0.5, 0.6) is 0 Å². The number of rotatable bonds is 5. The third-order valence-corrected chi connectivity index (χ3v) is 4.19. The minimum Gasteiger partial charge on any atom is -0.444 e. The van der Waals surface area contributed by atoms with Crippen LogP contribution in [-0.2, 0) is 11.3 Å². The standard InChI is InChI=1S/C18H25F3N4O4/c1-17(2,3)29-16(26)24-8-6-23(7-9-24)15-5-4-14(25(27)28)10-13(15)11-22-12-18(19,20)21/h4-5,10,22H,6-9,11-12H2,1-3H3. The molecule has 0 aliphatic carbocycles. The van der Waals surface area contributed by atoms with Gasteiger partial charge in [0.1, 0.15) is 5.60 Å². The van der Waals surface area contributed by atoms with E-state index in [2.05, 4.69) is 5.32 Å². The third kappa shape index (κ3) is 7.08. The summed E-state index contributed by atoms with van der Waals surface area (Å²) in [5.74, 6) is 0. The van der Waals surface area contributed by atoms with Crippen LogP contribution in [0.15, 0.2) is 18.2 Å². The Morgan fingerprint density at radius 1 is 1.21 bits per heavy atom. The second-order valence-electron chi connectivity index (χ2n) is 7.74. The molecule has 1 saturated heterocycles. The van der Waals surface area contributed by atoms with E-state index in [0.29, 0.717) is 37.4 Å². The number of hydrogen-bond donors (Lipinski definition) is 1. The van der Waals surface area contributed by atoms with Gasteiger partial charge in [-0.15, -0.1) is 0 Å². The van der Waals surface area contributed by atoms with E-state index in [4.69, 9.17) is 4.74 Å². The lowest BCUT2D eigenvalue weighted by Gasteiger charge is -2.37. The highest BCUT2D eigenvalue weighted by Gasteiger charge is 2.28. The maximum absolute atomic E-state index is 12.4. The minimum atomic E-state index is -4.38. The number of alkyl halides is 3. The van der Waals surface area contributed by atoms with Crippen LogP contribution >= 0.6 is 0 Å². The maximum atomic E-state index is 12.4. The number of anilines is 1. The Morgan fingerprint density at radius 2 is 1.83 bits per heavy atom. The number of nitro benzene ring substituents is 1. The van der Waals surface area contributed by atoms with Gasteiger partial charge in [0.2, 0.25) is 0 Å². The molecule has 1 aliphatic rings. The summed E-state index contributed by atoms with van der Waals surface area (Å²) in [5.41, 5.74) is 0.206. The molecular weight excluding hydrogens is 393 g/mol. The Hall–Kier alpha value is -2.56. The number of nitrogens with zero attached hydrogens (tertiary/aromatic N) is 3. The molecule has 1 aromatic carbocycles. The molecule has 1 aromatic rings. The second-order valence-corrected chi connectivity index (χ2v) is 7.74. The van der Waals surface area contributed by atoms with Gasteiger partial charge in [-0.25, -0.2) is 4.79 Å². The lowest BCUT2D eigenvalue weighted by molar-refractivity contribution is -0.384. The van der Waals surface area contributed by atoms with Crippen LogP contribution in [0.1, 0.15) is 26.3 Å². The van der Waals surface area contributed by atoms with Crippen molar-refractivity contribution in [1.29, 1.82) is 0 Å². The van der Waals surface area contributed by atoms with Crippen molar-refractivity contribution in [3.8, 4) is 0 Å². The van der Waals surface area contributed by atoms with E-state index in [1.54, 1.807) is 25.7 Å². The second kappa shape index (κ2) is 8.85. The number of carbonyl (C=O) groups is 1. The van der Waals surface area contributed by atoms with Gasteiger partial charge in [-0.3, -0.25) is 10.1 Å². The number of hydrogen-bond acceptors (Lipinski definition) is 6. The first-order valence-corrected chi connectivity index (χ1v) is 9.13. The monoisotopic (exact) mass is 418 g/mol. The van der Waals surface area contributed by atoms with Crippen molar-refractivity contribution in [3.05, 3.63) is 33.9 Å². The molecule has 29 heavy (non-hydrogen) atoms. The van der Waals surface area contributed by atoms with Crippen LogP contribution in [0.2, 0.25) is 0 Å². The Labute approximate surface area is 166 Å². The molecule has 1 amide bonds. The van der Waals surface area contributed by atoms with Gasteiger partial charge < -0.3 is 19.9 Å². The highest BCUT2D eigenvalue weighted by Crippen LogP contribution is 2.27. The van der Waals surface area contributed by atoms with Gasteiger partial charge >= 0.3 is 12.3 Å². The number of nitrogens with one attached hydrogen (secondary N) is 1. The van der Waals surface area contributed by atoms with Crippen LogP contribution < -0.4 is 10.2 Å². The molecule has 162 valence electrons. The summed E-state index contributed by atoms with van der Waals surface area (Å²) in [4.78, 5) is 26.1. The molecule has 1 fully saturated rings. The van der Waals surface area contributed by atoms with Gasteiger partial charge in [0.25, 0.3) is 5.69 Å². The van der Waals surface area contributed by atoms with Crippen molar-refractivity contribution < 1.29 is 27.6 Å². The Kier molecular flexibility index (Phi) is 6.93. The largest absolute Gasteiger partial charge is 0.444 e. The summed E-state index contributed by atoms with van der Waals surface area (Å²) in [6.07, 6.45) is -4.80. The lowest BCUT2D eigenvalue weighted by atomic mass is 10.1. The Morgan fingerprint density at radius 3 is 2.34 bits per heavy atom. The van der Waals surface area contributed by atoms with E-state index in [-0.39, 0.29) is 12.2 Å². The number of amides is 1. The zero-order valence-electron chi connectivity index (χ0n) is 16.6. The van der Waals surface area contributed by atoms with Crippen molar-refractivity contribution in [2.45, 2.75) is 39.1 Å². The molecule has 0 saturated carbocycles. The third-order valence-electron chi connectivity index (χ3n) is 4.19. The first-order valence-electron chi connectivity index (χ1n) is 9.13. The highest BCUT2D eigenvalue weighted by molar-refractivity contribution is 5.69. The van der Waals surface area contributed by atoms with Gasteiger partial charge in [0, 0.05) is 50.5 Å². The molecule has 1 N–H and O–H groups in total. The fraction of sp³-hybridized carbons (Fsp3) is 0.611. The number of carbonyl (C=O) groups excluding carboxylic acids is 1. The van der Waals surface area contributed by atoms with E-state index in [0.717, 1.165) is 0 Å². The van der Waals surface area contributed by atoms with Crippen LogP contribution in [0.4, 0.5) is 29.3 Å². The summed E-state index contributed by atoms with van der Waals surface area (Å²) in [7, 11) is 0. The van der Waals surface area contributed by atoms with E-state index in [1.807, 2.05) is 4.90 Å². The predicted octanol–water partition coefficient (Wildman–Crippen LogP) is 3.30.